The molecule has 6 nitrogen and oxygen atoms in total. The molecule has 112 valence electrons. The van der Waals surface area contributed by atoms with Crippen LogP contribution in [0, 0.1) is 18.8 Å². The van der Waals surface area contributed by atoms with E-state index >= 15 is 0 Å². The Hall–Kier alpha value is -1.73. The predicted molar refractivity (Wildman–Crippen MR) is 74.7 cm³/mol. The van der Waals surface area contributed by atoms with Crippen LogP contribution in [0.4, 0.5) is 0 Å². The minimum Gasteiger partial charge on any atom is -0.296 e. The molecular formula is C14H16N2O4S. The Kier molecular flexibility index (Phi) is 3.33. The fourth-order valence-electron chi connectivity index (χ4n) is 2.82. The van der Waals surface area contributed by atoms with Crippen LogP contribution in [0.3, 0.4) is 0 Å². The quantitative estimate of drug-likeness (QED) is 0.795. The summed E-state index contributed by atoms with van der Waals surface area (Å²) >= 11 is 0. The number of hydrogen-bond donors (Lipinski definition) is 1. The third-order valence-corrected chi connectivity index (χ3v) is 5.91. The summed E-state index contributed by atoms with van der Waals surface area (Å²) in [5.74, 6) is -1.64. The summed E-state index contributed by atoms with van der Waals surface area (Å²) in [6.45, 7) is 2.14. The normalized spacial score (nSPS) is 26.5. The van der Waals surface area contributed by atoms with E-state index in [2.05, 4.69) is 5.32 Å². The smallest absolute Gasteiger partial charge is 0.243 e. The van der Waals surface area contributed by atoms with Gasteiger partial charge in [-0.3, -0.25) is 14.9 Å². The van der Waals surface area contributed by atoms with Gasteiger partial charge >= 0.3 is 0 Å². The van der Waals surface area contributed by atoms with Gasteiger partial charge in [0.1, 0.15) is 0 Å². The molecule has 2 heterocycles. The van der Waals surface area contributed by atoms with Crippen molar-refractivity contribution in [3.8, 4) is 0 Å². The third-order valence-electron chi connectivity index (χ3n) is 4.06. The molecule has 2 unspecified atom stereocenters. The van der Waals surface area contributed by atoms with E-state index in [1.54, 1.807) is 24.3 Å². The van der Waals surface area contributed by atoms with Crippen molar-refractivity contribution in [3.05, 3.63) is 29.8 Å². The van der Waals surface area contributed by atoms with Gasteiger partial charge in [0, 0.05) is 13.1 Å². The molecule has 3 rings (SSSR count). The second kappa shape index (κ2) is 4.92. The lowest BCUT2D eigenvalue weighted by Gasteiger charge is -2.38. The van der Waals surface area contributed by atoms with Crippen LogP contribution in [0.1, 0.15) is 12.0 Å². The summed E-state index contributed by atoms with van der Waals surface area (Å²) in [4.78, 5) is 23.6. The van der Waals surface area contributed by atoms with E-state index in [0.717, 1.165) is 5.56 Å². The van der Waals surface area contributed by atoms with Gasteiger partial charge in [0.2, 0.25) is 21.8 Å². The summed E-state index contributed by atoms with van der Waals surface area (Å²) in [5, 5.41) is 2.30. The number of rotatable bonds is 2. The van der Waals surface area contributed by atoms with Crippen LogP contribution in [0.2, 0.25) is 0 Å². The topological polar surface area (TPSA) is 83.6 Å². The number of sulfonamides is 1. The lowest BCUT2D eigenvalue weighted by Crippen LogP contribution is -2.57. The van der Waals surface area contributed by atoms with Crippen molar-refractivity contribution in [2.24, 2.45) is 11.8 Å². The van der Waals surface area contributed by atoms with Crippen molar-refractivity contribution in [2.75, 3.05) is 13.1 Å². The molecule has 2 aliphatic heterocycles. The molecule has 1 aromatic carbocycles. The monoisotopic (exact) mass is 308 g/mol. The van der Waals surface area contributed by atoms with Crippen molar-refractivity contribution in [1.82, 2.24) is 9.62 Å². The Morgan fingerprint density at radius 3 is 2.10 bits per heavy atom. The lowest BCUT2D eigenvalue weighted by atomic mass is 9.86. The summed E-state index contributed by atoms with van der Waals surface area (Å²) in [6, 6.07) is 6.57. The summed E-state index contributed by atoms with van der Waals surface area (Å²) < 4.78 is 26.5. The van der Waals surface area contributed by atoms with Gasteiger partial charge in [0.05, 0.1) is 16.7 Å². The number of benzene rings is 1. The number of carbonyl (C=O) groups excluding carboxylic acids is 2. The van der Waals surface area contributed by atoms with E-state index in [9.17, 15) is 18.0 Å². The SMILES string of the molecule is Cc1ccc(S(=O)(=O)N2CC3CC(C2)C(=O)NC3=O)cc1. The van der Waals surface area contributed by atoms with Crippen LogP contribution in [0.15, 0.2) is 29.2 Å². The first-order chi connectivity index (χ1) is 9.88. The largest absolute Gasteiger partial charge is 0.296 e. The van der Waals surface area contributed by atoms with Gasteiger partial charge in [0.25, 0.3) is 0 Å². The predicted octanol–water partition coefficient (Wildman–Crippen LogP) is 0.278. The van der Waals surface area contributed by atoms with Crippen molar-refractivity contribution in [1.29, 1.82) is 0 Å². The molecule has 0 radical (unpaired) electrons. The first-order valence-corrected chi connectivity index (χ1v) is 8.23. The molecule has 2 fully saturated rings. The molecule has 0 aliphatic carbocycles. The van der Waals surface area contributed by atoms with Crippen LogP contribution in [0.5, 0.6) is 0 Å². The molecule has 2 atom stereocenters. The lowest BCUT2D eigenvalue weighted by molar-refractivity contribution is -0.142. The van der Waals surface area contributed by atoms with Gasteiger partial charge in [0.15, 0.2) is 0 Å². The van der Waals surface area contributed by atoms with Gasteiger partial charge < -0.3 is 0 Å². The average Bonchev–Trinajstić information content (AvgIpc) is 2.45. The molecule has 1 aromatic rings. The highest BCUT2D eigenvalue weighted by molar-refractivity contribution is 7.89. The summed E-state index contributed by atoms with van der Waals surface area (Å²) in [7, 11) is -3.67. The number of imide groups is 1. The average molecular weight is 308 g/mol. The Morgan fingerprint density at radius 2 is 1.57 bits per heavy atom. The molecule has 0 saturated carbocycles. The van der Waals surface area contributed by atoms with Gasteiger partial charge in [-0.2, -0.15) is 4.31 Å². The highest BCUT2D eigenvalue weighted by Gasteiger charge is 2.44. The summed E-state index contributed by atoms with van der Waals surface area (Å²) in [5.41, 5.74) is 0.971. The number of hydrogen-bond acceptors (Lipinski definition) is 4. The molecule has 7 heteroatoms. The van der Waals surface area contributed by atoms with E-state index < -0.39 is 21.9 Å². The third kappa shape index (κ3) is 2.47. The van der Waals surface area contributed by atoms with E-state index in [4.69, 9.17) is 0 Å². The first-order valence-electron chi connectivity index (χ1n) is 6.79. The maximum atomic E-state index is 12.6. The van der Waals surface area contributed by atoms with Crippen LogP contribution in [-0.4, -0.2) is 37.6 Å². The molecule has 21 heavy (non-hydrogen) atoms. The fourth-order valence-corrected chi connectivity index (χ4v) is 4.35. The number of nitrogens with zero attached hydrogens (tertiary/aromatic N) is 1. The van der Waals surface area contributed by atoms with Crippen molar-refractivity contribution >= 4 is 21.8 Å². The van der Waals surface area contributed by atoms with Crippen LogP contribution < -0.4 is 5.32 Å². The van der Waals surface area contributed by atoms with Crippen molar-refractivity contribution in [2.45, 2.75) is 18.2 Å². The Morgan fingerprint density at radius 1 is 1.05 bits per heavy atom. The van der Waals surface area contributed by atoms with E-state index in [1.165, 1.54) is 4.31 Å². The zero-order valence-corrected chi connectivity index (χ0v) is 12.4. The number of piperidine rings is 2. The molecule has 2 amide bonds. The minimum absolute atomic E-state index is 0.131. The summed E-state index contributed by atoms with van der Waals surface area (Å²) in [6.07, 6.45) is 0.435. The fraction of sp³-hybridized carbons (Fsp3) is 0.429. The maximum Gasteiger partial charge on any atom is 0.243 e. The Labute approximate surface area is 123 Å². The molecule has 0 spiro atoms. The van der Waals surface area contributed by atoms with Crippen LogP contribution in [-0.2, 0) is 19.6 Å². The zero-order valence-electron chi connectivity index (χ0n) is 11.6. The van der Waals surface area contributed by atoms with Crippen molar-refractivity contribution in [3.63, 3.8) is 0 Å². The van der Waals surface area contributed by atoms with Gasteiger partial charge in [-0.1, -0.05) is 17.7 Å². The Bertz CT molecular complexity index is 674. The molecular weight excluding hydrogens is 292 g/mol. The molecule has 1 N–H and O–H groups in total. The highest BCUT2D eigenvalue weighted by Crippen LogP contribution is 2.30. The first kappa shape index (κ1) is 14.2. The molecule has 2 bridgehead atoms. The number of nitrogens with one attached hydrogen (secondary N) is 1. The van der Waals surface area contributed by atoms with E-state index in [1.807, 2.05) is 6.92 Å². The minimum atomic E-state index is -3.67. The molecule has 2 aliphatic rings. The van der Waals surface area contributed by atoms with Gasteiger partial charge in [-0.05, 0) is 25.5 Å². The van der Waals surface area contributed by atoms with Gasteiger partial charge in [-0.25, -0.2) is 8.42 Å². The number of aryl methyl sites for hydroxylation is 1. The maximum absolute atomic E-state index is 12.6. The second-order valence-electron chi connectivity index (χ2n) is 5.62. The van der Waals surface area contributed by atoms with Crippen LogP contribution >= 0.6 is 0 Å². The van der Waals surface area contributed by atoms with Crippen LogP contribution in [0.25, 0.3) is 0 Å². The van der Waals surface area contributed by atoms with E-state index in [-0.39, 0.29) is 29.8 Å². The Balaban J connectivity index is 1.91. The number of carbonyl (C=O) groups is 2. The van der Waals surface area contributed by atoms with Gasteiger partial charge in [-0.15, -0.1) is 0 Å². The second-order valence-corrected chi connectivity index (χ2v) is 7.56. The molecule has 2 saturated heterocycles. The highest BCUT2D eigenvalue weighted by atomic mass is 32.2. The number of amides is 2. The van der Waals surface area contributed by atoms with Crippen molar-refractivity contribution < 1.29 is 18.0 Å². The molecule has 0 aromatic heterocycles. The standard InChI is InChI=1S/C14H16N2O4S/c1-9-2-4-12(5-3-9)21(19,20)16-7-10-6-11(8-16)14(18)15-13(10)17/h2-5,10-11H,6-8H2,1H3,(H,15,17,18). The number of fused-ring (bicyclic) bond motifs is 2. The van der Waals surface area contributed by atoms with E-state index in [0.29, 0.717) is 6.42 Å². The zero-order chi connectivity index (χ0) is 15.2.